The monoisotopic (exact) mass is 1140 g/mol. The van der Waals surface area contributed by atoms with Crippen LogP contribution in [0.5, 0.6) is 69.0 Å². The van der Waals surface area contributed by atoms with Crippen molar-refractivity contribution in [3.05, 3.63) is 235 Å². The smallest absolute Gasteiger partial charge is 0.341 e. The van der Waals surface area contributed by atoms with E-state index in [-0.39, 0.29) is 67.5 Å². The molecule has 8 bridgehead atoms. The summed E-state index contributed by atoms with van der Waals surface area (Å²) in [7, 11) is 0. The number of carboxylic acid groups (broad SMARTS) is 2. The number of aliphatic carboxylic acids is 2. The minimum Gasteiger partial charge on any atom is -0.507 e. The summed E-state index contributed by atoms with van der Waals surface area (Å²) in [5, 5.41) is 136. The van der Waals surface area contributed by atoms with E-state index in [0.717, 1.165) is 24.3 Å². The first-order valence-corrected chi connectivity index (χ1v) is 25.7. The van der Waals surface area contributed by atoms with Crippen LogP contribution in [-0.4, -0.2) is 86.7 Å². The number of phenols is 8. The molecule has 8 aromatic rings. The van der Waals surface area contributed by atoms with Crippen LogP contribution in [0.15, 0.2) is 146 Å². The van der Waals surface area contributed by atoms with Crippen molar-refractivity contribution in [3.8, 4) is 69.0 Å². The molecule has 20 nitrogen and oxygen atoms in total. The summed E-state index contributed by atoms with van der Waals surface area (Å²) < 4.78 is 22.4. The zero-order valence-electron chi connectivity index (χ0n) is 45.3. The van der Waals surface area contributed by atoms with Crippen LogP contribution in [0, 0.1) is 27.7 Å². The van der Waals surface area contributed by atoms with Crippen LogP contribution in [0.1, 0.15) is 113 Å². The van der Waals surface area contributed by atoms with Crippen LogP contribution >= 0.6 is 0 Å². The van der Waals surface area contributed by atoms with Gasteiger partial charge in [-0.15, -0.1) is 0 Å². The predicted molar refractivity (Wildman–Crippen MR) is 301 cm³/mol. The lowest BCUT2D eigenvalue weighted by Crippen LogP contribution is -2.14. The molecule has 0 radical (unpaired) electrons. The lowest BCUT2D eigenvalue weighted by molar-refractivity contribution is -0.230. The van der Waals surface area contributed by atoms with Gasteiger partial charge in [0.05, 0.1) is 0 Å². The van der Waals surface area contributed by atoms with Crippen molar-refractivity contribution in [2.45, 2.75) is 51.4 Å². The summed E-state index contributed by atoms with van der Waals surface area (Å²) in [6.07, 6.45) is 0. The Balaban J connectivity index is 1.45. The van der Waals surface area contributed by atoms with Crippen molar-refractivity contribution in [3.63, 3.8) is 0 Å². The van der Waals surface area contributed by atoms with Gasteiger partial charge < -0.3 is 79.8 Å². The minimum absolute atomic E-state index is 0.0157. The standard InChI is InChI=1S/C64H56O20/c1-29-15-35(7-11-55(29)79-27-59(73)74)61-39-19-40(48(66)23-47(39)65)62(36-8-12-56(30(2)16-36)80-28-60(75)76)42-21-44(52(70)25-50(42)68)64(38-10-14-58(32(4)18-38)82-34(6)84-78)46-22-45(53(71)26-54(46)72)63(43-20-41(61)49(67)24-51(43)69)37-9-13-57(31(3)17-37)81-33(5)83-77/h7-26,61-72,77-78H,5-6,27-28H2,1-4H3,(H,73,74)(H,75,76). The average molecular weight is 1150 g/mol. The lowest BCUT2D eigenvalue weighted by Gasteiger charge is -2.30. The minimum atomic E-state index is -1.28. The fraction of sp³-hybridized carbons (Fsp3) is 0.156. The highest BCUT2D eigenvalue weighted by atomic mass is 17.1. The molecule has 0 saturated carbocycles. The van der Waals surface area contributed by atoms with E-state index in [1.54, 1.807) is 76.2 Å². The molecule has 1 aliphatic carbocycles. The van der Waals surface area contributed by atoms with E-state index in [1.807, 2.05) is 0 Å². The third-order valence-electron chi connectivity index (χ3n) is 14.7. The molecule has 4 atom stereocenters. The van der Waals surface area contributed by atoms with Crippen molar-refractivity contribution in [1.82, 2.24) is 0 Å². The normalized spacial score (nSPS) is 15.3. The van der Waals surface area contributed by atoms with Crippen LogP contribution < -0.4 is 18.9 Å². The Morgan fingerprint density at radius 3 is 0.762 bits per heavy atom. The maximum Gasteiger partial charge on any atom is 0.341 e. The van der Waals surface area contributed by atoms with Gasteiger partial charge in [-0.05, 0) is 134 Å². The van der Waals surface area contributed by atoms with Gasteiger partial charge in [-0.25, -0.2) is 9.59 Å². The molecule has 0 spiro atoms. The average Bonchev–Trinajstić information content (AvgIpc) is 1.11. The third kappa shape index (κ3) is 11.5. The van der Waals surface area contributed by atoms with Crippen molar-refractivity contribution in [2.24, 2.45) is 0 Å². The maximum absolute atomic E-state index is 12.3. The van der Waals surface area contributed by atoms with Gasteiger partial charge in [-0.2, -0.15) is 10.5 Å². The second kappa shape index (κ2) is 23.4. The Morgan fingerprint density at radius 1 is 0.357 bits per heavy atom. The van der Waals surface area contributed by atoms with Crippen LogP contribution in [0.4, 0.5) is 0 Å². The molecule has 0 fully saturated rings. The van der Waals surface area contributed by atoms with E-state index in [1.165, 1.54) is 48.5 Å². The van der Waals surface area contributed by atoms with E-state index in [2.05, 4.69) is 22.9 Å². The highest BCUT2D eigenvalue weighted by molar-refractivity contribution is 5.70. The van der Waals surface area contributed by atoms with Gasteiger partial charge in [-0.3, -0.25) is 0 Å². The fourth-order valence-electron chi connectivity index (χ4n) is 10.9. The summed E-state index contributed by atoms with van der Waals surface area (Å²) >= 11 is 0. The third-order valence-corrected chi connectivity index (χ3v) is 14.7. The topological polar surface area (TPSA) is 332 Å². The zero-order chi connectivity index (χ0) is 60.6. The number of rotatable bonds is 16. The number of benzene rings is 8. The molecular weight excluding hydrogens is 1090 g/mol. The molecule has 0 heterocycles. The highest BCUT2D eigenvalue weighted by Gasteiger charge is 2.36. The van der Waals surface area contributed by atoms with Gasteiger partial charge in [0.1, 0.15) is 69.0 Å². The van der Waals surface area contributed by atoms with E-state index < -0.39 is 107 Å². The molecule has 9 rings (SSSR count). The first-order chi connectivity index (χ1) is 40.0. The van der Waals surface area contributed by atoms with Gasteiger partial charge in [-0.1, -0.05) is 48.5 Å². The van der Waals surface area contributed by atoms with Crippen molar-refractivity contribution < 1.29 is 99.9 Å². The number of fused-ring (bicyclic) bond motifs is 8. The number of aromatic hydroxyl groups is 8. The number of phenolic OH excluding ortho intramolecular Hbond substituents is 8. The molecule has 0 aromatic heterocycles. The summed E-state index contributed by atoms with van der Waals surface area (Å²) in [6.45, 7) is 12.3. The molecular formula is C64H56O20. The molecule has 12 N–H and O–H groups in total. The van der Waals surface area contributed by atoms with Crippen LogP contribution in [-0.2, 0) is 19.4 Å². The number of carbonyl (C=O) groups is 2. The van der Waals surface area contributed by atoms with Gasteiger partial charge in [0, 0.05) is 92.4 Å². The van der Waals surface area contributed by atoms with Crippen molar-refractivity contribution in [1.29, 1.82) is 0 Å². The first-order valence-electron chi connectivity index (χ1n) is 25.7. The van der Waals surface area contributed by atoms with Crippen LogP contribution in [0.2, 0.25) is 0 Å². The summed E-state index contributed by atoms with van der Waals surface area (Å²) in [6, 6.07) is 29.0. The van der Waals surface area contributed by atoms with Gasteiger partial charge in [0.2, 0.25) is 0 Å². The van der Waals surface area contributed by atoms with Crippen molar-refractivity contribution >= 4 is 11.9 Å². The highest BCUT2D eigenvalue weighted by Crippen LogP contribution is 2.54. The summed E-state index contributed by atoms with van der Waals surface area (Å²) in [5.74, 6) is -11.9. The van der Waals surface area contributed by atoms with Gasteiger partial charge in [0.15, 0.2) is 13.2 Å². The summed E-state index contributed by atoms with van der Waals surface area (Å²) in [5.41, 5.74) is 3.23. The van der Waals surface area contributed by atoms with E-state index in [4.69, 9.17) is 18.9 Å². The SMILES string of the molecule is C=C(OO)Oc1ccc(C2c3cc(c(O)cc3O)C(c3ccc(OCC(=O)O)c(C)c3)c3cc(c(O)cc3O)C(c3ccc(OCC(=O)O)c(C)c3)c3cc(c(O)cc3O)C(c3ccc(OC(=C)OO)c(C)c3)c3cc2c(O)cc3O)cc1C. The molecule has 20 heteroatoms. The van der Waals surface area contributed by atoms with E-state index >= 15 is 0 Å². The zero-order valence-corrected chi connectivity index (χ0v) is 45.3. The molecule has 0 saturated heterocycles. The van der Waals surface area contributed by atoms with Gasteiger partial charge in [0.25, 0.3) is 0 Å². The number of hydrogen-bond acceptors (Lipinski definition) is 18. The number of carboxylic acids is 2. The summed E-state index contributed by atoms with van der Waals surface area (Å²) in [4.78, 5) is 31.6. The Bertz CT molecular complexity index is 3710. The van der Waals surface area contributed by atoms with Gasteiger partial charge >= 0.3 is 23.8 Å². The Hall–Kier alpha value is -10.7. The molecule has 432 valence electrons. The Kier molecular flexibility index (Phi) is 16.2. The quantitative estimate of drug-likeness (QED) is 0.0243. The Labute approximate surface area is 479 Å². The Morgan fingerprint density at radius 2 is 0.571 bits per heavy atom. The second-order valence-corrected chi connectivity index (χ2v) is 20.2. The number of aryl methyl sites for hydroxylation is 4. The maximum atomic E-state index is 12.3. The number of hydrogen-bond donors (Lipinski definition) is 12. The fourth-order valence-corrected chi connectivity index (χ4v) is 10.9. The largest absolute Gasteiger partial charge is 0.507 e. The molecule has 0 amide bonds. The predicted octanol–water partition coefficient (Wildman–Crippen LogP) is 11.2. The first kappa shape index (κ1) is 58.0. The molecule has 4 unspecified atom stereocenters. The molecule has 8 aromatic carbocycles. The lowest BCUT2D eigenvalue weighted by atomic mass is 9.74. The van der Waals surface area contributed by atoms with E-state index in [0.29, 0.717) is 44.5 Å². The van der Waals surface area contributed by atoms with E-state index in [9.17, 15) is 71.2 Å². The van der Waals surface area contributed by atoms with Crippen molar-refractivity contribution in [2.75, 3.05) is 13.2 Å². The second-order valence-electron chi connectivity index (χ2n) is 20.2. The van der Waals surface area contributed by atoms with Crippen LogP contribution in [0.25, 0.3) is 0 Å². The molecule has 0 aliphatic heterocycles. The molecule has 1 aliphatic rings. The number of ether oxygens (including phenoxy) is 4. The molecule has 84 heavy (non-hydrogen) atoms. The van der Waals surface area contributed by atoms with Crippen LogP contribution in [0.3, 0.4) is 0 Å².